The highest BCUT2D eigenvalue weighted by Crippen LogP contribution is 2.16. The second-order valence-electron chi connectivity index (χ2n) is 4.79. The summed E-state index contributed by atoms with van der Waals surface area (Å²) in [7, 11) is -5.82. The minimum Gasteiger partial charge on any atom is -0.375 e. The van der Waals surface area contributed by atoms with Crippen molar-refractivity contribution in [1.82, 2.24) is 0 Å². The van der Waals surface area contributed by atoms with Gasteiger partial charge in [-0.3, -0.25) is 0 Å². The van der Waals surface area contributed by atoms with Crippen LogP contribution >= 0.6 is 0 Å². The molecule has 18 heavy (non-hydrogen) atoms. The van der Waals surface area contributed by atoms with Gasteiger partial charge in [-0.25, -0.2) is 16.8 Å². The molecule has 2 aliphatic heterocycles. The Hall–Kier alpha value is -0.180. The molecule has 106 valence electrons. The summed E-state index contributed by atoms with van der Waals surface area (Å²) < 4.78 is 55.5. The Labute approximate surface area is 107 Å². The Morgan fingerprint density at radius 1 is 0.778 bits per heavy atom. The molecule has 0 radical (unpaired) electrons. The van der Waals surface area contributed by atoms with E-state index < -0.39 is 19.7 Å². The van der Waals surface area contributed by atoms with Gasteiger partial charge in [0.15, 0.2) is 19.7 Å². The van der Waals surface area contributed by atoms with Crippen molar-refractivity contribution in [1.29, 1.82) is 0 Å². The van der Waals surface area contributed by atoms with Crippen molar-refractivity contribution >= 4 is 19.7 Å². The van der Waals surface area contributed by atoms with Crippen LogP contribution in [0.4, 0.5) is 0 Å². The lowest BCUT2D eigenvalue weighted by Gasteiger charge is -2.12. The molecule has 0 aromatic carbocycles. The summed E-state index contributed by atoms with van der Waals surface area (Å²) in [6, 6.07) is 0. The van der Waals surface area contributed by atoms with E-state index in [2.05, 4.69) is 0 Å². The van der Waals surface area contributed by atoms with E-state index in [9.17, 15) is 16.8 Å². The van der Waals surface area contributed by atoms with Gasteiger partial charge in [-0.15, -0.1) is 0 Å². The van der Waals surface area contributed by atoms with Crippen LogP contribution in [0.5, 0.6) is 0 Å². The van der Waals surface area contributed by atoms with Crippen molar-refractivity contribution < 1.29 is 26.3 Å². The highest BCUT2D eigenvalue weighted by atomic mass is 32.2. The Bertz CT molecular complexity index is 434. The first-order chi connectivity index (χ1) is 8.36. The predicted octanol–water partition coefficient (Wildman–Crippen LogP) is -0.606. The SMILES string of the molecule is O=S1(=O)CC[C@H](OCCO[C@H]2CCS(=O)(=O)C2)C1. The van der Waals surface area contributed by atoms with Gasteiger partial charge in [0.2, 0.25) is 0 Å². The van der Waals surface area contributed by atoms with Crippen molar-refractivity contribution in [2.45, 2.75) is 25.0 Å². The molecule has 0 N–H and O–H groups in total. The molecule has 2 heterocycles. The molecule has 2 fully saturated rings. The van der Waals surface area contributed by atoms with Gasteiger partial charge >= 0.3 is 0 Å². The third-order valence-corrected chi connectivity index (χ3v) is 6.65. The molecule has 6 nitrogen and oxygen atoms in total. The van der Waals surface area contributed by atoms with E-state index in [1.165, 1.54) is 0 Å². The highest BCUT2D eigenvalue weighted by Gasteiger charge is 2.30. The van der Waals surface area contributed by atoms with Gasteiger partial charge in [0.05, 0.1) is 48.4 Å². The molecule has 2 aliphatic rings. The van der Waals surface area contributed by atoms with Crippen LogP contribution in [0.1, 0.15) is 12.8 Å². The van der Waals surface area contributed by atoms with Crippen LogP contribution in [0.15, 0.2) is 0 Å². The topological polar surface area (TPSA) is 86.7 Å². The fourth-order valence-electron chi connectivity index (χ4n) is 2.21. The van der Waals surface area contributed by atoms with Gasteiger partial charge in [0.25, 0.3) is 0 Å². The molecule has 0 spiro atoms. The minimum atomic E-state index is -2.91. The van der Waals surface area contributed by atoms with E-state index in [1.54, 1.807) is 0 Å². The first-order valence-electron chi connectivity index (χ1n) is 6.00. The number of rotatable bonds is 5. The van der Waals surface area contributed by atoms with Crippen LogP contribution in [0.25, 0.3) is 0 Å². The molecular weight excluding hydrogens is 280 g/mol. The Morgan fingerprint density at radius 2 is 1.17 bits per heavy atom. The van der Waals surface area contributed by atoms with E-state index in [0.29, 0.717) is 26.1 Å². The molecule has 8 heteroatoms. The molecular formula is C10H18O6S2. The highest BCUT2D eigenvalue weighted by molar-refractivity contribution is 7.91. The lowest BCUT2D eigenvalue weighted by atomic mass is 10.3. The Balaban J connectivity index is 1.60. The fourth-order valence-corrected chi connectivity index (χ4v) is 5.45. The standard InChI is InChI=1S/C10H18O6S2/c11-17(12)5-1-9(7-17)15-3-4-16-10-2-6-18(13,14)8-10/h9-10H,1-8H2/t9-,10-/m0/s1. The van der Waals surface area contributed by atoms with E-state index in [-0.39, 0.29) is 35.2 Å². The summed E-state index contributed by atoms with van der Waals surface area (Å²) in [5.74, 6) is 0.564. The third-order valence-electron chi connectivity index (χ3n) is 3.17. The molecule has 0 aromatic heterocycles. The molecule has 0 amide bonds. The Kier molecular flexibility index (Phi) is 4.30. The number of sulfone groups is 2. The fraction of sp³-hybridized carbons (Fsp3) is 1.00. The van der Waals surface area contributed by atoms with Crippen LogP contribution in [-0.4, -0.2) is 65.3 Å². The summed E-state index contributed by atoms with van der Waals surface area (Å²) in [6.07, 6.45) is 0.622. The van der Waals surface area contributed by atoms with E-state index in [4.69, 9.17) is 9.47 Å². The van der Waals surface area contributed by atoms with Crippen LogP contribution in [0.3, 0.4) is 0 Å². The van der Waals surface area contributed by atoms with Crippen molar-refractivity contribution in [2.24, 2.45) is 0 Å². The summed E-state index contributed by atoms with van der Waals surface area (Å²) in [6.45, 7) is 0.632. The zero-order chi connectivity index (χ0) is 13.2. The second-order valence-corrected chi connectivity index (χ2v) is 9.25. The average Bonchev–Trinajstić information content (AvgIpc) is 2.76. The minimum absolute atomic E-state index is 0.0881. The summed E-state index contributed by atoms with van der Waals surface area (Å²) in [4.78, 5) is 0. The van der Waals surface area contributed by atoms with Crippen LogP contribution in [-0.2, 0) is 29.1 Å². The molecule has 0 aliphatic carbocycles. The zero-order valence-electron chi connectivity index (χ0n) is 10.1. The van der Waals surface area contributed by atoms with E-state index >= 15 is 0 Å². The van der Waals surface area contributed by atoms with Gasteiger partial charge in [0, 0.05) is 0 Å². The maximum absolute atomic E-state index is 11.2. The molecule has 0 saturated carbocycles. The van der Waals surface area contributed by atoms with Gasteiger partial charge < -0.3 is 9.47 Å². The van der Waals surface area contributed by atoms with Crippen molar-refractivity contribution in [3.8, 4) is 0 Å². The average molecular weight is 298 g/mol. The normalized spacial score (nSPS) is 33.8. The van der Waals surface area contributed by atoms with Crippen LogP contribution < -0.4 is 0 Å². The van der Waals surface area contributed by atoms with Crippen molar-refractivity contribution in [3.05, 3.63) is 0 Å². The predicted molar refractivity (Wildman–Crippen MR) is 66.0 cm³/mol. The summed E-state index contributed by atoms with van der Waals surface area (Å²) >= 11 is 0. The summed E-state index contributed by atoms with van der Waals surface area (Å²) in [5.41, 5.74) is 0. The lowest BCUT2D eigenvalue weighted by Crippen LogP contribution is -2.21. The molecule has 2 saturated heterocycles. The number of hydrogen-bond acceptors (Lipinski definition) is 6. The smallest absolute Gasteiger partial charge is 0.152 e. The molecule has 0 bridgehead atoms. The van der Waals surface area contributed by atoms with Gasteiger partial charge in [0.1, 0.15) is 0 Å². The Morgan fingerprint density at radius 3 is 1.44 bits per heavy atom. The van der Waals surface area contributed by atoms with Crippen LogP contribution in [0.2, 0.25) is 0 Å². The zero-order valence-corrected chi connectivity index (χ0v) is 11.7. The lowest BCUT2D eigenvalue weighted by molar-refractivity contribution is -0.00721. The quantitative estimate of drug-likeness (QED) is 0.630. The van der Waals surface area contributed by atoms with E-state index in [1.807, 2.05) is 0 Å². The number of hydrogen-bond donors (Lipinski definition) is 0. The maximum Gasteiger partial charge on any atom is 0.152 e. The molecule has 0 aromatic rings. The maximum atomic E-state index is 11.2. The monoisotopic (exact) mass is 298 g/mol. The van der Waals surface area contributed by atoms with Crippen molar-refractivity contribution in [2.75, 3.05) is 36.2 Å². The second kappa shape index (κ2) is 5.44. The van der Waals surface area contributed by atoms with E-state index in [0.717, 1.165) is 0 Å². The molecule has 2 rings (SSSR count). The summed E-state index contributed by atoms with van der Waals surface area (Å²) in [5, 5.41) is 0. The first-order valence-corrected chi connectivity index (χ1v) is 9.65. The molecule has 2 atom stereocenters. The number of ether oxygens (including phenoxy) is 2. The van der Waals surface area contributed by atoms with Crippen LogP contribution in [0, 0.1) is 0 Å². The van der Waals surface area contributed by atoms with Gasteiger partial charge in [-0.2, -0.15) is 0 Å². The van der Waals surface area contributed by atoms with Gasteiger partial charge in [-0.1, -0.05) is 0 Å². The third kappa shape index (κ3) is 4.18. The van der Waals surface area contributed by atoms with Gasteiger partial charge in [-0.05, 0) is 12.8 Å². The molecule has 0 unspecified atom stereocenters. The first kappa shape index (κ1) is 14.2. The largest absolute Gasteiger partial charge is 0.375 e. The van der Waals surface area contributed by atoms with Crippen molar-refractivity contribution in [3.63, 3.8) is 0 Å².